The lowest BCUT2D eigenvalue weighted by Crippen LogP contribution is -2.00. The molecule has 57 heavy (non-hydrogen) atoms. The van der Waals surface area contributed by atoms with Crippen molar-refractivity contribution in [2.24, 2.45) is 0 Å². The molecule has 0 spiro atoms. The lowest BCUT2D eigenvalue weighted by atomic mass is 9.95. The van der Waals surface area contributed by atoms with Crippen LogP contribution in [-0.2, 0) is 0 Å². The van der Waals surface area contributed by atoms with Gasteiger partial charge in [0.25, 0.3) is 0 Å². The Morgan fingerprint density at radius 1 is 0.298 bits per heavy atom. The average molecular weight is 729 g/mol. The van der Waals surface area contributed by atoms with E-state index in [1.165, 1.54) is 0 Å². The monoisotopic (exact) mass is 728 g/mol. The van der Waals surface area contributed by atoms with Gasteiger partial charge in [0.05, 0.1) is 0 Å². The van der Waals surface area contributed by atoms with E-state index in [0.29, 0.717) is 23.4 Å². The lowest BCUT2D eigenvalue weighted by molar-refractivity contribution is 0.623. The van der Waals surface area contributed by atoms with Gasteiger partial charge in [-0.15, -0.1) is 0 Å². The van der Waals surface area contributed by atoms with E-state index >= 15 is 0 Å². The molecule has 0 unspecified atom stereocenters. The van der Waals surface area contributed by atoms with E-state index in [1.54, 1.807) is 0 Å². The summed E-state index contributed by atoms with van der Waals surface area (Å²) in [6.07, 6.45) is 0. The summed E-state index contributed by atoms with van der Waals surface area (Å²) in [6.45, 7) is 0. The average Bonchev–Trinajstić information content (AvgIpc) is 3.74. The third kappa shape index (κ3) is 5.90. The summed E-state index contributed by atoms with van der Waals surface area (Å²) in [5, 5.41) is 6.62. The molecule has 0 amide bonds. The van der Waals surface area contributed by atoms with Crippen LogP contribution in [0.15, 0.2) is 199 Å². The van der Waals surface area contributed by atoms with Gasteiger partial charge in [-0.2, -0.15) is 0 Å². The highest BCUT2D eigenvalue weighted by Gasteiger charge is 2.17. The predicted molar refractivity (Wildman–Crippen MR) is 233 cm³/mol. The van der Waals surface area contributed by atoms with Crippen LogP contribution in [0.4, 0.5) is 0 Å². The van der Waals surface area contributed by atoms with Crippen molar-refractivity contribution in [1.82, 2.24) is 19.9 Å². The molecule has 0 saturated heterocycles. The highest BCUT2D eigenvalue weighted by atomic mass is 16.3. The van der Waals surface area contributed by atoms with Crippen molar-refractivity contribution < 1.29 is 4.42 Å². The first-order valence-corrected chi connectivity index (χ1v) is 19.0. The minimum Gasteiger partial charge on any atom is -0.435 e. The minimum absolute atomic E-state index is 0.610. The molecule has 2 heterocycles. The van der Waals surface area contributed by atoms with Crippen LogP contribution in [0.1, 0.15) is 0 Å². The van der Waals surface area contributed by atoms with Crippen molar-refractivity contribution in [3.05, 3.63) is 194 Å². The fourth-order valence-corrected chi connectivity index (χ4v) is 7.84. The van der Waals surface area contributed by atoms with Gasteiger partial charge in [0.2, 0.25) is 5.89 Å². The summed E-state index contributed by atoms with van der Waals surface area (Å²) < 4.78 is 6.55. The van der Waals surface area contributed by atoms with Gasteiger partial charge in [0.1, 0.15) is 5.52 Å². The maximum Gasteiger partial charge on any atom is 0.227 e. The van der Waals surface area contributed by atoms with Gasteiger partial charge in [-0.05, 0) is 68.1 Å². The van der Waals surface area contributed by atoms with Crippen molar-refractivity contribution in [3.63, 3.8) is 0 Å². The van der Waals surface area contributed by atoms with Crippen LogP contribution in [0.5, 0.6) is 0 Å². The topological polar surface area (TPSA) is 64.7 Å². The van der Waals surface area contributed by atoms with Gasteiger partial charge in [0.15, 0.2) is 23.1 Å². The smallest absolute Gasteiger partial charge is 0.227 e. The molecule has 266 valence electrons. The van der Waals surface area contributed by atoms with Crippen LogP contribution < -0.4 is 0 Å². The third-order valence-corrected chi connectivity index (χ3v) is 10.7. The van der Waals surface area contributed by atoms with Gasteiger partial charge in [-0.25, -0.2) is 19.9 Å². The first-order valence-electron chi connectivity index (χ1n) is 19.0. The van der Waals surface area contributed by atoms with Crippen LogP contribution in [0.3, 0.4) is 0 Å². The largest absolute Gasteiger partial charge is 0.435 e. The fourth-order valence-electron chi connectivity index (χ4n) is 7.84. The molecular weight excluding hydrogens is 697 g/mol. The van der Waals surface area contributed by atoms with Crippen molar-refractivity contribution in [2.45, 2.75) is 0 Å². The Bertz CT molecular complexity index is 3150. The van der Waals surface area contributed by atoms with Gasteiger partial charge >= 0.3 is 0 Å². The van der Waals surface area contributed by atoms with E-state index in [0.717, 1.165) is 87.9 Å². The Hall–Kier alpha value is -7.76. The fraction of sp³-hybridized carbons (Fsp3) is 0. The SMILES string of the molecule is c1ccc(-c2ccc(-c3nc(-c4ccc(-c5ccccc5)cc4)nc(-c4ccc5c(ccc6ccc7ccc8nc(-c9ccccc9)oc8c7c65)c4)n3)cc2)cc1. The maximum atomic E-state index is 6.55. The second kappa shape index (κ2) is 13.5. The van der Waals surface area contributed by atoms with Crippen molar-refractivity contribution in [1.29, 1.82) is 0 Å². The minimum atomic E-state index is 0.610. The molecule has 11 rings (SSSR count). The molecule has 0 saturated carbocycles. The van der Waals surface area contributed by atoms with E-state index in [-0.39, 0.29) is 0 Å². The van der Waals surface area contributed by atoms with Crippen molar-refractivity contribution >= 4 is 43.4 Å². The van der Waals surface area contributed by atoms with Gasteiger partial charge in [-0.3, -0.25) is 0 Å². The number of benzene rings is 9. The first kappa shape index (κ1) is 32.7. The second-order valence-corrected chi connectivity index (χ2v) is 14.3. The van der Waals surface area contributed by atoms with Crippen LogP contribution in [0, 0.1) is 0 Å². The zero-order valence-corrected chi connectivity index (χ0v) is 30.7. The quantitative estimate of drug-likeness (QED) is 0.160. The highest BCUT2D eigenvalue weighted by molar-refractivity contribution is 6.26. The van der Waals surface area contributed by atoms with Gasteiger partial charge < -0.3 is 4.42 Å². The normalized spacial score (nSPS) is 11.5. The van der Waals surface area contributed by atoms with Crippen molar-refractivity contribution in [2.75, 3.05) is 0 Å². The zero-order valence-electron chi connectivity index (χ0n) is 30.7. The van der Waals surface area contributed by atoms with Crippen LogP contribution in [-0.4, -0.2) is 19.9 Å². The van der Waals surface area contributed by atoms with E-state index in [4.69, 9.17) is 24.4 Å². The summed E-state index contributed by atoms with van der Waals surface area (Å²) in [5.41, 5.74) is 9.93. The maximum absolute atomic E-state index is 6.55. The zero-order chi connectivity index (χ0) is 37.7. The van der Waals surface area contributed by atoms with Gasteiger partial charge in [0, 0.05) is 33.0 Å². The van der Waals surface area contributed by atoms with E-state index < -0.39 is 0 Å². The predicted octanol–water partition coefficient (Wildman–Crippen LogP) is 13.5. The molecular formula is C52H32N4O. The van der Waals surface area contributed by atoms with Gasteiger partial charge in [-0.1, -0.05) is 170 Å². The molecule has 0 aliphatic rings. The molecule has 0 bridgehead atoms. The molecule has 5 heteroatoms. The molecule has 5 nitrogen and oxygen atoms in total. The number of rotatable bonds is 6. The third-order valence-electron chi connectivity index (χ3n) is 10.7. The molecule has 0 fully saturated rings. The Balaban J connectivity index is 1.06. The van der Waals surface area contributed by atoms with Crippen LogP contribution in [0.25, 0.3) is 111 Å². The molecule has 0 radical (unpaired) electrons. The Morgan fingerprint density at radius 2 is 0.719 bits per heavy atom. The first-order chi connectivity index (χ1) is 28.2. The Labute approximate surface area is 328 Å². The number of hydrogen-bond acceptors (Lipinski definition) is 5. The summed E-state index contributed by atoms with van der Waals surface area (Å²) in [6, 6.07) is 67.1. The lowest BCUT2D eigenvalue weighted by Gasteiger charge is -2.12. The number of fused-ring (bicyclic) bond motifs is 7. The molecule has 11 aromatic rings. The molecule has 0 aliphatic heterocycles. The number of hydrogen-bond donors (Lipinski definition) is 0. The number of nitrogens with zero attached hydrogens (tertiary/aromatic N) is 4. The molecule has 0 atom stereocenters. The van der Waals surface area contributed by atoms with Crippen LogP contribution in [0.2, 0.25) is 0 Å². The van der Waals surface area contributed by atoms with Crippen LogP contribution >= 0.6 is 0 Å². The van der Waals surface area contributed by atoms with E-state index in [1.807, 2.05) is 48.5 Å². The van der Waals surface area contributed by atoms with E-state index in [9.17, 15) is 0 Å². The number of oxazole rings is 1. The Kier molecular flexibility index (Phi) is 7.74. The number of aromatic nitrogens is 4. The van der Waals surface area contributed by atoms with Crippen molar-refractivity contribution in [3.8, 4) is 67.9 Å². The molecule has 0 aliphatic carbocycles. The molecule has 2 aromatic heterocycles. The molecule has 9 aromatic carbocycles. The van der Waals surface area contributed by atoms with E-state index in [2.05, 4.69) is 146 Å². The highest BCUT2D eigenvalue weighted by Crippen LogP contribution is 2.39. The summed E-state index contributed by atoms with van der Waals surface area (Å²) in [4.78, 5) is 20.2. The molecule has 0 N–H and O–H groups in total. The summed E-state index contributed by atoms with van der Waals surface area (Å²) >= 11 is 0. The summed E-state index contributed by atoms with van der Waals surface area (Å²) in [7, 11) is 0. The standard InChI is InChI=1S/C52H32N4O/c1-4-10-33(11-5-1)35-16-23-39(24-17-35)49-54-50(40-25-18-36(19-26-40)34-12-6-2-7-13-34)56-51(55-49)43-28-30-44-42(32-43)27-22-37-20-21-38-29-31-45-48(47(38)46(37)44)57-52(53-45)41-14-8-3-9-15-41/h1-32H. The summed E-state index contributed by atoms with van der Waals surface area (Å²) in [5.74, 6) is 2.46. The second-order valence-electron chi connectivity index (χ2n) is 14.3. The Morgan fingerprint density at radius 3 is 1.28 bits per heavy atom.